The number of rotatable bonds is 3. The molecule has 4 rings (SSSR count). The number of nitriles is 1. The van der Waals surface area contributed by atoms with E-state index in [2.05, 4.69) is 20.3 Å². The number of furan rings is 1. The van der Waals surface area contributed by atoms with Gasteiger partial charge < -0.3 is 9.73 Å². The third kappa shape index (κ3) is 2.74. The first-order valence-electron chi connectivity index (χ1n) is 7.91. The molecule has 2 aromatic heterocycles. The monoisotopic (exact) mass is 343 g/mol. The van der Waals surface area contributed by atoms with E-state index < -0.39 is 0 Å². The average Bonchev–Trinajstić information content (AvgIpc) is 3.30. The van der Waals surface area contributed by atoms with E-state index in [9.17, 15) is 4.79 Å². The molecule has 1 aliphatic rings. The first-order valence-corrected chi connectivity index (χ1v) is 7.91. The number of nitrogens with zero attached hydrogens (tertiary/aromatic N) is 4. The van der Waals surface area contributed by atoms with Crippen LogP contribution in [0.3, 0.4) is 0 Å². The number of fused-ring (bicyclic) bond motifs is 1. The molecule has 1 aromatic carbocycles. The fourth-order valence-corrected chi connectivity index (χ4v) is 2.86. The highest BCUT2D eigenvalue weighted by Crippen LogP contribution is 2.26. The van der Waals surface area contributed by atoms with Gasteiger partial charge in [-0.2, -0.15) is 5.26 Å². The summed E-state index contributed by atoms with van der Waals surface area (Å²) in [5.41, 5.74) is 5.21. The minimum atomic E-state index is -0.376. The van der Waals surface area contributed by atoms with E-state index in [1.54, 1.807) is 19.5 Å². The van der Waals surface area contributed by atoms with Gasteiger partial charge in [-0.1, -0.05) is 6.07 Å². The van der Waals surface area contributed by atoms with Crippen molar-refractivity contribution in [3.05, 3.63) is 76.8 Å². The quantitative estimate of drug-likeness (QED) is 0.787. The SMILES string of the molecule is Cc1nc(C#N)cnc1C(=O)Nc1ccc2c(c1)C(c1ccoc1)=NC2. The molecule has 3 aromatic rings. The van der Waals surface area contributed by atoms with Crippen LogP contribution >= 0.6 is 0 Å². The van der Waals surface area contributed by atoms with Crippen LogP contribution in [0.4, 0.5) is 5.69 Å². The van der Waals surface area contributed by atoms with E-state index in [-0.39, 0.29) is 17.3 Å². The lowest BCUT2D eigenvalue weighted by atomic mass is 10.0. The molecule has 7 nitrogen and oxygen atoms in total. The molecule has 0 saturated heterocycles. The highest BCUT2D eigenvalue weighted by molar-refractivity contribution is 6.15. The second-order valence-corrected chi connectivity index (χ2v) is 5.80. The standard InChI is InChI=1S/C19H13N5O2/c1-11-17(22-9-15(7-20)23-11)19(25)24-14-3-2-12-8-21-18(16(12)6-14)13-4-5-26-10-13/h2-6,9-10H,8H2,1H3,(H,24,25). The number of carbonyl (C=O) groups excluding carboxylic acids is 1. The second-order valence-electron chi connectivity index (χ2n) is 5.80. The summed E-state index contributed by atoms with van der Waals surface area (Å²) in [5.74, 6) is -0.376. The Morgan fingerprint density at radius 2 is 2.23 bits per heavy atom. The lowest BCUT2D eigenvalue weighted by Gasteiger charge is -2.09. The molecule has 1 N–H and O–H groups in total. The van der Waals surface area contributed by atoms with E-state index >= 15 is 0 Å². The molecule has 1 aliphatic heterocycles. The van der Waals surface area contributed by atoms with E-state index in [0.29, 0.717) is 17.9 Å². The number of aryl methyl sites for hydroxylation is 1. The molecule has 0 bridgehead atoms. The predicted molar refractivity (Wildman–Crippen MR) is 93.9 cm³/mol. The van der Waals surface area contributed by atoms with E-state index in [1.165, 1.54) is 6.20 Å². The zero-order chi connectivity index (χ0) is 18.1. The van der Waals surface area contributed by atoms with Gasteiger partial charge in [0.25, 0.3) is 5.91 Å². The van der Waals surface area contributed by atoms with E-state index in [4.69, 9.17) is 9.68 Å². The normalized spacial score (nSPS) is 12.2. The number of hydrogen-bond donors (Lipinski definition) is 1. The minimum absolute atomic E-state index is 0.178. The molecule has 0 radical (unpaired) electrons. The van der Waals surface area contributed by atoms with Crippen LogP contribution in [0.2, 0.25) is 0 Å². The number of hydrogen-bond acceptors (Lipinski definition) is 6. The van der Waals surface area contributed by atoms with Crippen molar-refractivity contribution in [3.8, 4) is 6.07 Å². The van der Waals surface area contributed by atoms with Gasteiger partial charge in [0.05, 0.1) is 36.7 Å². The number of nitrogens with one attached hydrogen (secondary N) is 1. The van der Waals surface area contributed by atoms with Crippen molar-refractivity contribution >= 4 is 17.3 Å². The van der Waals surface area contributed by atoms with Crippen LogP contribution in [0.15, 0.2) is 52.4 Å². The smallest absolute Gasteiger partial charge is 0.276 e. The molecule has 3 heterocycles. The van der Waals surface area contributed by atoms with E-state index in [1.807, 2.05) is 30.3 Å². The summed E-state index contributed by atoms with van der Waals surface area (Å²) in [6.07, 6.45) is 4.54. The summed E-state index contributed by atoms with van der Waals surface area (Å²) in [7, 11) is 0. The molecule has 0 saturated carbocycles. The Bertz CT molecular complexity index is 1080. The van der Waals surface area contributed by atoms with Crippen LogP contribution in [-0.2, 0) is 6.54 Å². The lowest BCUT2D eigenvalue weighted by Crippen LogP contribution is -2.16. The molecule has 0 aliphatic carbocycles. The van der Waals surface area contributed by atoms with Gasteiger partial charge in [0.15, 0.2) is 5.69 Å². The number of aromatic nitrogens is 2. The number of aliphatic imine (C=N–C) groups is 1. The van der Waals surface area contributed by atoms with Gasteiger partial charge in [0, 0.05) is 16.8 Å². The van der Waals surface area contributed by atoms with E-state index in [0.717, 1.165) is 22.4 Å². The molecule has 0 atom stereocenters. The molecule has 0 fully saturated rings. The van der Waals surface area contributed by atoms with Crippen LogP contribution in [0.25, 0.3) is 0 Å². The Kier molecular flexibility index (Phi) is 3.78. The van der Waals surface area contributed by atoms with Crippen molar-refractivity contribution in [2.24, 2.45) is 4.99 Å². The van der Waals surface area contributed by atoms with Gasteiger partial charge in [-0.15, -0.1) is 0 Å². The summed E-state index contributed by atoms with van der Waals surface area (Å²) in [5, 5.41) is 11.7. The van der Waals surface area contributed by atoms with Crippen LogP contribution in [-0.4, -0.2) is 21.6 Å². The molecule has 1 amide bonds. The summed E-state index contributed by atoms with van der Waals surface area (Å²) in [4.78, 5) is 25.1. The Morgan fingerprint density at radius 3 is 2.96 bits per heavy atom. The number of carbonyl (C=O) groups is 1. The van der Waals surface area contributed by atoms with Crippen molar-refractivity contribution in [3.63, 3.8) is 0 Å². The number of benzene rings is 1. The highest BCUT2D eigenvalue weighted by atomic mass is 16.3. The van der Waals surface area contributed by atoms with Crippen molar-refractivity contribution in [2.75, 3.05) is 5.32 Å². The largest absolute Gasteiger partial charge is 0.472 e. The molecule has 0 unspecified atom stereocenters. The van der Waals surface area contributed by atoms with Gasteiger partial charge in [-0.25, -0.2) is 9.97 Å². The Hall–Kier alpha value is -3.79. The fraction of sp³-hybridized carbons (Fsp3) is 0.105. The van der Waals surface area contributed by atoms with Crippen molar-refractivity contribution in [1.82, 2.24) is 9.97 Å². The fourth-order valence-electron chi connectivity index (χ4n) is 2.86. The second kappa shape index (κ2) is 6.26. The Balaban J connectivity index is 1.61. The summed E-state index contributed by atoms with van der Waals surface area (Å²) in [6, 6.07) is 9.42. The third-order valence-electron chi connectivity index (χ3n) is 4.10. The summed E-state index contributed by atoms with van der Waals surface area (Å²) in [6.45, 7) is 2.25. The first kappa shape index (κ1) is 15.7. The summed E-state index contributed by atoms with van der Waals surface area (Å²) >= 11 is 0. The van der Waals surface area contributed by atoms with Gasteiger partial charge >= 0.3 is 0 Å². The highest BCUT2D eigenvalue weighted by Gasteiger charge is 2.20. The molecular weight excluding hydrogens is 330 g/mol. The topological polar surface area (TPSA) is 104 Å². The maximum Gasteiger partial charge on any atom is 0.276 e. The Morgan fingerprint density at radius 1 is 1.35 bits per heavy atom. The number of amides is 1. The average molecular weight is 343 g/mol. The van der Waals surface area contributed by atoms with Gasteiger partial charge in [-0.05, 0) is 30.7 Å². The molecule has 7 heteroatoms. The number of anilines is 1. The maximum absolute atomic E-state index is 12.5. The molecule has 126 valence electrons. The summed E-state index contributed by atoms with van der Waals surface area (Å²) < 4.78 is 5.14. The predicted octanol–water partition coefficient (Wildman–Crippen LogP) is 2.85. The Labute approximate surface area is 149 Å². The lowest BCUT2D eigenvalue weighted by molar-refractivity contribution is 0.102. The first-order chi connectivity index (χ1) is 12.7. The van der Waals surface area contributed by atoms with Crippen molar-refractivity contribution < 1.29 is 9.21 Å². The van der Waals surface area contributed by atoms with Gasteiger partial charge in [0.1, 0.15) is 11.8 Å². The zero-order valence-electron chi connectivity index (χ0n) is 13.9. The molecule has 26 heavy (non-hydrogen) atoms. The molecular formula is C19H13N5O2. The van der Waals surface area contributed by atoms with Crippen LogP contribution in [0.5, 0.6) is 0 Å². The van der Waals surface area contributed by atoms with Crippen LogP contribution < -0.4 is 5.32 Å². The van der Waals surface area contributed by atoms with Gasteiger partial charge in [-0.3, -0.25) is 9.79 Å². The van der Waals surface area contributed by atoms with Crippen molar-refractivity contribution in [1.29, 1.82) is 5.26 Å². The zero-order valence-corrected chi connectivity index (χ0v) is 13.9. The third-order valence-corrected chi connectivity index (χ3v) is 4.10. The minimum Gasteiger partial charge on any atom is -0.472 e. The molecule has 0 spiro atoms. The van der Waals surface area contributed by atoms with Gasteiger partial charge in [0.2, 0.25) is 0 Å². The van der Waals surface area contributed by atoms with Crippen LogP contribution in [0, 0.1) is 18.3 Å². The maximum atomic E-state index is 12.5. The van der Waals surface area contributed by atoms with Crippen molar-refractivity contribution in [2.45, 2.75) is 13.5 Å². The van der Waals surface area contributed by atoms with Crippen LogP contribution in [0.1, 0.15) is 38.6 Å².